The van der Waals surface area contributed by atoms with Gasteiger partial charge in [0.05, 0.1) is 18.8 Å². The van der Waals surface area contributed by atoms with Crippen molar-refractivity contribution in [3.63, 3.8) is 0 Å². The van der Waals surface area contributed by atoms with E-state index in [-0.39, 0.29) is 6.54 Å². The van der Waals surface area contributed by atoms with Gasteiger partial charge in [0.15, 0.2) is 0 Å². The van der Waals surface area contributed by atoms with Gasteiger partial charge in [0, 0.05) is 11.8 Å². The van der Waals surface area contributed by atoms with E-state index in [0.717, 1.165) is 16.0 Å². The molecule has 0 bridgehead atoms. The molecule has 9 nitrogen and oxygen atoms in total. The summed E-state index contributed by atoms with van der Waals surface area (Å²) in [5.41, 5.74) is 4.41. The number of benzene rings is 2. The van der Waals surface area contributed by atoms with Crippen LogP contribution in [0.5, 0.6) is 5.75 Å². The fourth-order valence-corrected chi connectivity index (χ4v) is 4.52. The van der Waals surface area contributed by atoms with E-state index in [1.807, 2.05) is 24.3 Å². The smallest absolute Gasteiger partial charge is 0.417 e. The van der Waals surface area contributed by atoms with Crippen molar-refractivity contribution in [2.24, 2.45) is 0 Å². The second-order valence-corrected chi connectivity index (χ2v) is 11.0. The summed E-state index contributed by atoms with van der Waals surface area (Å²) >= 11 is 0. The molecule has 2 aromatic heterocycles. The van der Waals surface area contributed by atoms with Crippen molar-refractivity contribution in [3.05, 3.63) is 83.9 Å². The van der Waals surface area contributed by atoms with Gasteiger partial charge in [-0.3, -0.25) is 9.48 Å². The number of nitrogens with zero attached hydrogens (tertiary/aromatic N) is 5. The van der Waals surface area contributed by atoms with Crippen LogP contribution in [0, 0.1) is 0 Å². The molecule has 0 fully saturated rings. The van der Waals surface area contributed by atoms with Gasteiger partial charge in [-0.25, -0.2) is 19.7 Å². The van der Waals surface area contributed by atoms with Crippen LogP contribution in [0.15, 0.2) is 67.1 Å². The van der Waals surface area contributed by atoms with E-state index in [9.17, 15) is 9.59 Å². The van der Waals surface area contributed by atoms with Gasteiger partial charge < -0.3 is 9.47 Å². The molecule has 4 aromatic rings. The van der Waals surface area contributed by atoms with Crippen LogP contribution in [-0.2, 0) is 17.9 Å². The Hall–Kier alpha value is -4.53. The number of carbonyl (C=O) groups is 2. The quantitative estimate of drug-likeness (QED) is 0.292. The molecular formula is C31H33N5O4. The minimum Gasteiger partial charge on any atom is -0.489 e. The first-order valence-corrected chi connectivity index (χ1v) is 13.3. The molecule has 2 aromatic carbocycles. The Labute approximate surface area is 233 Å². The van der Waals surface area contributed by atoms with E-state index in [0.29, 0.717) is 47.5 Å². The minimum absolute atomic E-state index is 0.163. The van der Waals surface area contributed by atoms with E-state index in [1.165, 1.54) is 11.9 Å². The first kappa shape index (κ1) is 27.1. The van der Waals surface area contributed by atoms with Crippen molar-refractivity contribution < 1.29 is 19.1 Å². The maximum atomic E-state index is 13.7. The third-order valence-electron chi connectivity index (χ3n) is 6.57. The van der Waals surface area contributed by atoms with Crippen LogP contribution in [0.1, 0.15) is 62.2 Å². The number of fused-ring (bicyclic) bond motifs is 1. The summed E-state index contributed by atoms with van der Waals surface area (Å²) in [6, 6.07) is 17.7. The molecule has 2 amide bonds. The highest BCUT2D eigenvalue weighted by Gasteiger charge is 2.37. The average molecular weight is 540 g/mol. The van der Waals surface area contributed by atoms with Crippen molar-refractivity contribution >= 4 is 12.0 Å². The molecule has 206 valence electrons. The third kappa shape index (κ3) is 5.73. The van der Waals surface area contributed by atoms with Gasteiger partial charge >= 0.3 is 6.09 Å². The number of hydrogen-bond donors (Lipinski definition) is 0. The second-order valence-electron chi connectivity index (χ2n) is 11.0. The van der Waals surface area contributed by atoms with Gasteiger partial charge in [-0.2, -0.15) is 5.10 Å². The lowest BCUT2D eigenvalue weighted by molar-refractivity contribution is 0.0210. The van der Waals surface area contributed by atoms with Crippen LogP contribution in [0.3, 0.4) is 0 Å². The molecule has 5 rings (SSSR count). The summed E-state index contributed by atoms with van der Waals surface area (Å²) in [5.74, 6) is 0.712. The minimum atomic E-state index is -0.726. The Morgan fingerprint density at radius 1 is 1.00 bits per heavy atom. The molecule has 0 N–H and O–H groups in total. The number of hydrogen-bond acceptors (Lipinski definition) is 7. The normalized spacial score (nSPS) is 13.3. The lowest BCUT2D eigenvalue weighted by Crippen LogP contribution is -2.46. The summed E-state index contributed by atoms with van der Waals surface area (Å²) in [4.78, 5) is 36.1. The van der Waals surface area contributed by atoms with Crippen molar-refractivity contribution in [1.29, 1.82) is 0 Å². The van der Waals surface area contributed by atoms with E-state index in [1.54, 1.807) is 37.7 Å². The van der Waals surface area contributed by atoms with E-state index in [2.05, 4.69) is 48.1 Å². The van der Waals surface area contributed by atoms with Crippen LogP contribution < -0.4 is 4.74 Å². The summed E-state index contributed by atoms with van der Waals surface area (Å²) in [7, 11) is 0. The highest BCUT2D eigenvalue weighted by molar-refractivity contribution is 6.08. The third-order valence-corrected chi connectivity index (χ3v) is 6.57. The maximum Gasteiger partial charge on any atom is 0.417 e. The van der Waals surface area contributed by atoms with Crippen molar-refractivity contribution in [3.8, 4) is 28.3 Å². The zero-order valence-corrected chi connectivity index (χ0v) is 23.4. The SMILES string of the molecule is CC(C)c1ccc(COc2ccc(-c3c(-c4ccncn4)nn4c3C(=O)N(C(=O)OC(C)(C)C)CC4)cc2)cc1. The largest absolute Gasteiger partial charge is 0.489 e. The monoisotopic (exact) mass is 539 g/mol. The first-order valence-electron chi connectivity index (χ1n) is 13.3. The standard InChI is InChI=1S/C31H33N5O4/c1-20(2)22-8-6-21(7-9-22)18-39-24-12-10-23(11-13-24)26-27(25-14-15-32-19-33-25)34-36-17-16-35(29(37)28(26)36)30(38)40-31(3,4)5/h6-15,19-20H,16-18H2,1-5H3. The molecule has 3 heterocycles. The second kappa shape index (κ2) is 10.9. The lowest BCUT2D eigenvalue weighted by Gasteiger charge is -2.29. The molecule has 0 radical (unpaired) electrons. The number of imide groups is 1. The molecule has 0 aliphatic carbocycles. The maximum absolute atomic E-state index is 13.7. The Kier molecular flexibility index (Phi) is 7.38. The number of rotatable bonds is 6. The van der Waals surface area contributed by atoms with Gasteiger partial charge in [0.1, 0.15) is 35.7 Å². The topological polar surface area (TPSA) is 99.4 Å². The fraction of sp³-hybridized carbons (Fsp3) is 0.323. The first-order chi connectivity index (χ1) is 19.1. The zero-order chi connectivity index (χ0) is 28.4. The Morgan fingerprint density at radius 3 is 2.35 bits per heavy atom. The summed E-state index contributed by atoms with van der Waals surface area (Å²) in [5, 5.41) is 4.73. The molecule has 1 aliphatic heterocycles. The van der Waals surface area contributed by atoms with E-state index < -0.39 is 17.6 Å². The van der Waals surface area contributed by atoms with Gasteiger partial charge in [0.2, 0.25) is 0 Å². The Balaban J connectivity index is 1.45. The van der Waals surface area contributed by atoms with Gasteiger partial charge in [-0.1, -0.05) is 50.2 Å². The summed E-state index contributed by atoms with van der Waals surface area (Å²) < 4.78 is 13.2. The summed E-state index contributed by atoms with van der Waals surface area (Å²) in [6.45, 7) is 10.6. The van der Waals surface area contributed by atoms with Crippen LogP contribution >= 0.6 is 0 Å². The molecule has 0 atom stereocenters. The lowest BCUT2D eigenvalue weighted by atomic mass is 10.00. The summed E-state index contributed by atoms with van der Waals surface area (Å²) in [6.07, 6.45) is 2.39. The molecule has 40 heavy (non-hydrogen) atoms. The van der Waals surface area contributed by atoms with Crippen LogP contribution in [0.2, 0.25) is 0 Å². The van der Waals surface area contributed by atoms with Crippen LogP contribution in [0.4, 0.5) is 4.79 Å². The fourth-order valence-electron chi connectivity index (χ4n) is 4.52. The predicted octanol–water partition coefficient (Wildman–Crippen LogP) is 6.10. The van der Waals surface area contributed by atoms with Crippen molar-refractivity contribution in [2.75, 3.05) is 6.54 Å². The highest BCUT2D eigenvalue weighted by atomic mass is 16.6. The van der Waals surface area contributed by atoms with Crippen LogP contribution in [-0.4, -0.2) is 48.8 Å². The number of amides is 2. The van der Waals surface area contributed by atoms with Crippen LogP contribution in [0.25, 0.3) is 22.5 Å². The van der Waals surface area contributed by atoms with Gasteiger partial charge in [-0.15, -0.1) is 0 Å². The van der Waals surface area contributed by atoms with Crippen molar-refractivity contribution in [2.45, 2.75) is 59.3 Å². The highest BCUT2D eigenvalue weighted by Crippen LogP contribution is 2.36. The average Bonchev–Trinajstić information content (AvgIpc) is 3.33. The van der Waals surface area contributed by atoms with Gasteiger partial charge in [-0.05, 0) is 61.6 Å². The number of ether oxygens (including phenoxy) is 2. The molecule has 1 aliphatic rings. The molecule has 0 unspecified atom stereocenters. The molecular weight excluding hydrogens is 506 g/mol. The molecule has 0 saturated carbocycles. The Bertz CT molecular complexity index is 1500. The Morgan fingerprint density at radius 2 is 1.73 bits per heavy atom. The van der Waals surface area contributed by atoms with E-state index in [4.69, 9.17) is 14.6 Å². The van der Waals surface area contributed by atoms with E-state index >= 15 is 0 Å². The number of aromatic nitrogens is 4. The van der Waals surface area contributed by atoms with Gasteiger partial charge in [0.25, 0.3) is 5.91 Å². The molecule has 0 spiro atoms. The van der Waals surface area contributed by atoms with Crippen molar-refractivity contribution in [1.82, 2.24) is 24.6 Å². The number of carbonyl (C=O) groups excluding carboxylic acids is 2. The zero-order valence-electron chi connectivity index (χ0n) is 23.4. The molecule has 0 saturated heterocycles. The predicted molar refractivity (Wildman–Crippen MR) is 151 cm³/mol. The molecule has 9 heteroatoms.